The van der Waals surface area contributed by atoms with Crippen LogP contribution >= 0.6 is 0 Å². The topological polar surface area (TPSA) is 72.5 Å². The van der Waals surface area contributed by atoms with Gasteiger partial charge in [0.15, 0.2) is 0 Å². The van der Waals surface area contributed by atoms with Crippen LogP contribution in [0, 0.1) is 20.8 Å². The molecule has 0 fully saturated rings. The molecule has 1 aromatic carbocycles. The number of rotatable bonds is 4. The van der Waals surface area contributed by atoms with Gasteiger partial charge in [-0.15, -0.1) is 0 Å². The first-order valence-corrected chi connectivity index (χ1v) is 5.51. The Balaban J connectivity index is 3.44. The van der Waals surface area contributed by atoms with Crippen LogP contribution in [-0.4, -0.2) is 24.7 Å². The van der Waals surface area contributed by atoms with Crippen LogP contribution in [0.2, 0.25) is 0 Å². The van der Waals surface area contributed by atoms with Gasteiger partial charge in [-0.05, 0) is 49.1 Å². The SMILES string of the molecule is COc1cc(C)c(C(CN)C(=O)O)c(C)c1C. The lowest BCUT2D eigenvalue weighted by Crippen LogP contribution is -2.23. The van der Waals surface area contributed by atoms with Crippen molar-refractivity contribution < 1.29 is 14.6 Å². The van der Waals surface area contributed by atoms with Gasteiger partial charge in [0.05, 0.1) is 13.0 Å². The fourth-order valence-corrected chi connectivity index (χ4v) is 2.16. The number of aryl methyl sites for hydroxylation is 1. The van der Waals surface area contributed by atoms with Gasteiger partial charge < -0.3 is 15.6 Å². The molecule has 4 heteroatoms. The lowest BCUT2D eigenvalue weighted by atomic mass is 9.88. The molecule has 0 aliphatic heterocycles. The van der Waals surface area contributed by atoms with Crippen molar-refractivity contribution in [1.29, 1.82) is 0 Å². The monoisotopic (exact) mass is 237 g/mol. The van der Waals surface area contributed by atoms with Crippen molar-refractivity contribution in [1.82, 2.24) is 0 Å². The Hall–Kier alpha value is -1.55. The standard InChI is InChI=1S/C13H19NO3/c1-7-5-11(17-4)8(2)9(3)12(7)10(6-14)13(15)16/h5,10H,6,14H2,1-4H3,(H,15,16). The summed E-state index contributed by atoms with van der Waals surface area (Å²) in [5.41, 5.74) is 9.17. The van der Waals surface area contributed by atoms with Crippen molar-refractivity contribution in [3.8, 4) is 5.75 Å². The smallest absolute Gasteiger partial charge is 0.312 e. The largest absolute Gasteiger partial charge is 0.496 e. The number of carboxylic acid groups (broad SMARTS) is 1. The maximum Gasteiger partial charge on any atom is 0.312 e. The Labute approximate surface area is 101 Å². The van der Waals surface area contributed by atoms with Gasteiger partial charge in [-0.25, -0.2) is 0 Å². The Morgan fingerprint density at radius 3 is 2.41 bits per heavy atom. The zero-order valence-corrected chi connectivity index (χ0v) is 10.7. The summed E-state index contributed by atoms with van der Waals surface area (Å²) < 4.78 is 5.26. The van der Waals surface area contributed by atoms with Gasteiger partial charge in [0.25, 0.3) is 0 Å². The molecular weight excluding hydrogens is 218 g/mol. The summed E-state index contributed by atoms with van der Waals surface area (Å²) in [6.07, 6.45) is 0. The summed E-state index contributed by atoms with van der Waals surface area (Å²) in [6, 6.07) is 1.86. The van der Waals surface area contributed by atoms with Gasteiger partial charge in [0.2, 0.25) is 0 Å². The number of carbonyl (C=O) groups is 1. The summed E-state index contributed by atoms with van der Waals surface area (Å²) in [5.74, 6) is -0.757. The van der Waals surface area contributed by atoms with E-state index < -0.39 is 11.9 Å². The molecule has 3 N–H and O–H groups in total. The maximum absolute atomic E-state index is 11.2. The molecule has 0 saturated heterocycles. The van der Waals surface area contributed by atoms with E-state index in [1.54, 1.807) is 7.11 Å². The van der Waals surface area contributed by atoms with E-state index in [0.717, 1.165) is 28.0 Å². The third-order valence-corrected chi connectivity index (χ3v) is 3.21. The molecule has 17 heavy (non-hydrogen) atoms. The van der Waals surface area contributed by atoms with Crippen molar-refractivity contribution in [3.63, 3.8) is 0 Å². The molecule has 0 spiro atoms. The first-order valence-electron chi connectivity index (χ1n) is 5.51. The third kappa shape index (κ3) is 2.42. The van der Waals surface area contributed by atoms with E-state index in [1.807, 2.05) is 26.8 Å². The molecule has 1 atom stereocenters. The molecular formula is C13H19NO3. The second-order valence-electron chi connectivity index (χ2n) is 4.19. The van der Waals surface area contributed by atoms with Crippen LogP contribution in [0.15, 0.2) is 6.07 Å². The molecule has 4 nitrogen and oxygen atoms in total. The van der Waals surface area contributed by atoms with Gasteiger partial charge in [-0.1, -0.05) is 0 Å². The minimum Gasteiger partial charge on any atom is -0.496 e. The quantitative estimate of drug-likeness (QED) is 0.836. The summed E-state index contributed by atoms with van der Waals surface area (Å²) in [4.78, 5) is 11.2. The van der Waals surface area contributed by atoms with Crippen LogP contribution in [0.4, 0.5) is 0 Å². The van der Waals surface area contributed by atoms with Crippen LogP contribution in [0.1, 0.15) is 28.2 Å². The summed E-state index contributed by atoms with van der Waals surface area (Å²) in [7, 11) is 1.61. The van der Waals surface area contributed by atoms with Crippen LogP contribution < -0.4 is 10.5 Å². The Morgan fingerprint density at radius 1 is 1.41 bits per heavy atom. The highest BCUT2D eigenvalue weighted by molar-refractivity contribution is 5.78. The van der Waals surface area contributed by atoms with Crippen molar-refractivity contribution in [2.45, 2.75) is 26.7 Å². The van der Waals surface area contributed by atoms with Crippen LogP contribution in [-0.2, 0) is 4.79 Å². The number of benzene rings is 1. The molecule has 0 amide bonds. The average molecular weight is 237 g/mol. The van der Waals surface area contributed by atoms with E-state index in [9.17, 15) is 9.90 Å². The van der Waals surface area contributed by atoms with E-state index in [4.69, 9.17) is 10.5 Å². The molecule has 0 aromatic heterocycles. The molecule has 0 radical (unpaired) electrons. The van der Waals surface area contributed by atoms with Crippen molar-refractivity contribution >= 4 is 5.97 Å². The number of carboxylic acids is 1. The lowest BCUT2D eigenvalue weighted by Gasteiger charge is -2.20. The predicted octanol–water partition coefficient (Wildman–Crippen LogP) is 1.75. The van der Waals surface area contributed by atoms with Crippen molar-refractivity contribution in [3.05, 3.63) is 28.3 Å². The number of aliphatic carboxylic acids is 1. The van der Waals surface area contributed by atoms with Gasteiger partial charge in [0, 0.05) is 6.54 Å². The van der Waals surface area contributed by atoms with Gasteiger partial charge in [-0.3, -0.25) is 4.79 Å². The molecule has 0 bridgehead atoms. The molecule has 0 aliphatic rings. The number of methoxy groups -OCH3 is 1. The first-order chi connectivity index (χ1) is 7.93. The minimum atomic E-state index is -0.886. The van der Waals surface area contributed by atoms with Crippen molar-refractivity contribution in [2.75, 3.05) is 13.7 Å². The molecule has 1 unspecified atom stereocenters. The highest BCUT2D eigenvalue weighted by Gasteiger charge is 2.23. The second kappa shape index (κ2) is 5.19. The number of nitrogens with two attached hydrogens (primary N) is 1. The predicted molar refractivity (Wildman–Crippen MR) is 66.6 cm³/mol. The van der Waals surface area contributed by atoms with E-state index >= 15 is 0 Å². The fourth-order valence-electron chi connectivity index (χ4n) is 2.16. The van der Waals surface area contributed by atoms with E-state index in [0.29, 0.717) is 0 Å². The molecule has 0 heterocycles. The highest BCUT2D eigenvalue weighted by Crippen LogP contribution is 2.32. The zero-order chi connectivity index (χ0) is 13.2. The molecule has 94 valence electrons. The number of hydrogen-bond donors (Lipinski definition) is 2. The summed E-state index contributed by atoms with van der Waals surface area (Å²) in [5, 5.41) is 9.18. The Kier molecular flexibility index (Phi) is 4.12. The van der Waals surface area contributed by atoms with E-state index in [2.05, 4.69) is 0 Å². The molecule has 0 aliphatic carbocycles. The van der Waals surface area contributed by atoms with Crippen molar-refractivity contribution in [2.24, 2.45) is 5.73 Å². The first kappa shape index (κ1) is 13.5. The summed E-state index contributed by atoms with van der Waals surface area (Å²) in [6.45, 7) is 5.82. The third-order valence-electron chi connectivity index (χ3n) is 3.21. The normalized spacial score (nSPS) is 12.3. The highest BCUT2D eigenvalue weighted by atomic mass is 16.5. The second-order valence-corrected chi connectivity index (χ2v) is 4.19. The van der Waals surface area contributed by atoms with Crippen LogP contribution in [0.3, 0.4) is 0 Å². The molecule has 1 aromatic rings. The van der Waals surface area contributed by atoms with Crippen LogP contribution in [0.25, 0.3) is 0 Å². The van der Waals surface area contributed by atoms with Gasteiger partial charge in [-0.2, -0.15) is 0 Å². The van der Waals surface area contributed by atoms with E-state index in [1.165, 1.54) is 0 Å². The van der Waals surface area contributed by atoms with Gasteiger partial charge in [0.1, 0.15) is 5.75 Å². The fraction of sp³-hybridized carbons (Fsp3) is 0.462. The number of ether oxygens (including phenoxy) is 1. The maximum atomic E-state index is 11.2. The molecule has 1 rings (SSSR count). The Bertz CT molecular complexity index is 441. The lowest BCUT2D eigenvalue weighted by molar-refractivity contribution is -0.138. The van der Waals surface area contributed by atoms with Crippen LogP contribution in [0.5, 0.6) is 5.75 Å². The molecule has 0 saturated carbocycles. The Morgan fingerprint density at radius 2 is 2.00 bits per heavy atom. The number of hydrogen-bond acceptors (Lipinski definition) is 3. The summed E-state index contributed by atoms with van der Waals surface area (Å²) >= 11 is 0. The minimum absolute atomic E-state index is 0.1000. The van der Waals surface area contributed by atoms with Gasteiger partial charge >= 0.3 is 5.97 Å². The zero-order valence-electron chi connectivity index (χ0n) is 10.7. The average Bonchev–Trinajstić information content (AvgIpc) is 2.28. The van der Waals surface area contributed by atoms with E-state index in [-0.39, 0.29) is 6.54 Å².